The Morgan fingerprint density at radius 1 is 1.02 bits per heavy atom. The summed E-state index contributed by atoms with van der Waals surface area (Å²) in [6, 6.07) is 17.8. The first-order chi connectivity index (χ1) is 21.0. The van der Waals surface area contributed by atoms with Crippen molar-refractivity contribution < 1.29 is 45.6 Å². The minimum atomic E-state index is -0.420. The standard InChI is InChI=1S/C30H28N5O7S.ClH/c1-18-15-20-16-25(38-2)26(39-3)17-22(20)27(19-7-9-21(10-8-19)35(36)37)34(18)29-31-30(33-32-29)43-14-13-41-24-6-4-5-23-28(24)42-12-11-40-23;/h4-10,15-17H,11-14H2,1-3H3,(H,31,32,33);1H/q+1;/p-1. The van der Waals surface area contributed by atoms with Gasteiger partial charge in [0.25, 0.3) is 10.8 Å². The van der Waals surface area contributed by atoms with Crippen LogP contribution < -0.4 is 40.7 Å². The molecular formula is C30H28ClN5O7S. The molecule has 0 saturated carbocycles. The average molecular weight is 638 g/mol. The van der Waals surface area contributed by atoms with Gasteiger partial charge in [-0.05, 0) is 59.8 Å². The maximum absolute atomic E-state index is 11.3. The van der Waals surface area contributed by atoms with Crippen LogP contribution in [0, 0.1) is 17.0 Å². The Morgan fingerprint density at radius 3 is 2.52 bits per heavy atom. The van der Waals surface area contributed by atoms with Crippen molar-refractivity contribution in [3.63, 3.8) is 0 Å². The zero-order valence-electron chi connectivity index (χ0n) is 24.0. The number of hydrogen-bond acceptors (Lipinski definition) is 10. The number of aromatic nitrogens is 4. The number of methoxy groups -OCH3 is 2. The van der Waals surface area contributed by atoms with Gasteiger partial charge in [0.2, 0.25) is 5.75 Å². The molecule has 5 aromatic rings. The van der Waals surface area contributed by atoms with Crippen molar-refractivity contribution in [2.24, 2.45) is 0 Å². The Balaban J connectivity index is 0.00000384. The molecule has 0 bridgehead atoms. The topological polar surface area (TPSA) is 135 Å². The maximum Gasteiger partial charge on any atom is 0.423 e. The Labute approximate surface area is 262 Å². The Hall–Kier alpha value is -4.75. The van der Waals surface area contributed by atoms with Gasteiger partial charge in [-0.2, -0.15) is 4.57 Å². The summed E-state index contributed by atoms with van der Waals surface area (Å²) >= 11 is 1.44. The molecule has 0 spiro atoms. The summed E-state index contributed by atoms with van der Waals surface area (Å²) in [6.07, 6.45) is 0. The van der Waals surface area contributed by atoms with Gasteiger partial charge in [-0.1, -0.05) is 22.9 Å². The monoisotopic (exact) mass is 637 g/mol. The number of benzene rings is 3. The molecule has 0 aliphatic carbocycles. The van der Waals surface area contributed by atoms with Crippen LogP contribution in [-0.4, -0.2) is 59.9 Å². The molecule has 1 N–H and O–H groups in total. The highest BCUT2D eigenvalue weighted by molar-refractivity contribution is 7.99. The van der Waals surface area contributed by atoms with Crippen LogP contribution in [0.3, 0.4) is 0 Å². The van der Waals surface area contributed by atoms with Gasteiger partial charge in [0, 0.05) is 28.8 Å². The summed E-state index contributed by atoms with van der Waals surface area (Å²) in [5.74, 6) is 4.17. The lowest BCUT2D eigenvalue weighted by atomic mass is 10.0. The minimum absolute atomic E-state index is 0. The predicted octanol–water partition coefficient (Wildman–Crippen LogP) is 2.08. The van der Waals surface area contributed by atoms with E-state index in [2.05, 4.69) is 10.2 Å². The predicted molar refractivity (Wildman–Crippen MR) is 159 cm³/mol. The molecule has 0 amide bonds. The van der Waals surface area contributed by atoms with E-state index in [9.17, 15) is 10.1 Å². The number of hydrogen-bond donors (Lipinski definition) is 1. The Morgan fingerprint density at radius 2 is 1.77 bits per heavy atom. The highest BCUT2D eigenvalue weighted by Gasteiger charge is 2.25. The molecule has 12 nitrogen and oxygen atoms in total. The molecule has 228 valence electrons. The number of nitrogens with zero attached hydrogens (tertiary/aromatic N) is 4. The van der Waals surface area contributed by atoms with Crippen LogP contribution in [0.25, 0.3) is 28.0 Å². The fourth-order valence-corrected chi connectivity index (χ4v) is 5.56. The number of thioether (sulfide) groups is 1. The number of fused-ring (bicyclic) bond motifs is 2. The second-order valence-corrected chi connectivity index (χ2v) is 10.5. The van der Waals surface area contributed by atoms with Gasteiger partial charge in [0.1, 0.15) is 18.9 Å². The van der Waals surface area contributed by atoms with E-state index in [0.29, 0.717) is 65.4 Å². The Kier molecular flexibility index (Phi) is 9.26. The molecule has 2 aromatic heterocycles. The van der Waals surface area contributed by atoms with E-state index in [-0.39, 0.29) is 18.1 Å². The van der Waals surface area contributed by atoms with Crippen LogP contribution in [0.1, 0.15) is 5.69 Å². The molecule has 1 aliphatic rings. The second-order valence-electron chi connectivity index (χ2n) is 9.49. The third kappa shape index (κ3) is 6.01. The zero-order valence-corrected chi connectivity index (χ0v) is 25.6. The fourth-order valence-electron chi connectivity index (χ4n) is 4.95. The Bertz CT molecular complexity index is 1820. The molecule has 3 heterocycles. The summed E-state index contributed by atoms with van der Waals surface area (Å²) in [4.78, 5) is 15.7. The third-order valence-electron chi connectivity index (χ3n) is 6.87. The number of rotatable bonds is 10. The van der Waals surface area contributed by atoms with E-state index in [1.54, 1.807) is 26.4 Å². The van der Waals surface area contributed by atoms with Crippen molar-refractivity contribution in [1.82, 2.24) is 15.2 Å². The lowest BCUT2D eigenvalue weighted by Crippen LogP contribution is -3.00. The number of pyridine rings is 1. The number of nitrogens with one attached hydrogen (secondary N) is 1. The van der Waals surface area contributed by atoms with Crippen molar-refractivity contribution in [2.45, 2.75) is 12.1 Å². The molecule has 0 saturated heterocycles. The number of nitro benzene ring substituents is 1. The second kappa shape index (κ2) is 13.3. The van der Waals surface area contributed by atoms with Crippen LogP contribution in [-0.2, 0) is 0 Å². The van der Waals surface area contributed by atoms with Gasteiger partial charge >= 0.3 is 5.95 Å². The molecule has 0 radical (unpaired) electrons. The molecule has 0 atom stereocenters. The molecule has 6 rings (SSSR count). The summed E-state index contributed by atoms with van der Waals surface area (Å²) in [5, 5.41) is 21.1. The number of non-ortho nitro benzene ring substituents is 1. The lowest BCUT2D eigenvalue weighted by Gasteiger charge is -2.20. The van der Waals surface area contributed by atoms with Crippen LogP contribution in [0.5, 0.6) is 28.7 Å². The van der Waals surface area contributed by atoms with Crippen molar-refractivity contribution in [1.29, 1.82) is 0 Å². The first-order valence-electron chi connectivity index (χ1n) is 13.4. The SMILES string of the molecule is COc1cc2cc(C)[n+](-c3nc(SCCOc4cccc5c4OCCO5)n[nH]3)c(-c3ccc([N+](=O)[O-])cc3)c2cc1OC.[Cl-]. The number of nitro groups is 1. The third-order valence-corrected chi connectivity index (χ3v) is 7.68. The smallest absolute Gasteiger partial charge is 0.423 e. The van der Waals surface area contributed by atoms with Gasteiger partial charge in [0.15, 0.2) is 23.0 Å². The highest BCUT2D eigenvalue weighted by atomic mass is 35.5. The largest absolute Gasteiger partial charge is 1.00 e. The van der Waals surface area contributed by atoms with Crippen LogP contribution in [0.2, 0.25) is 0 Å². The van der Waals surface area contributed by atoms with E-state index in [0.717, 1.165) is 27.7 Å². The normalized spacial score (nSPS) is 12.0. The van der Waals surface area contributed by atoms with E-state index in [1.165, 1.54) is 23.9 Å². The number of ether oxygens (including phenoxy) is 5. The number of para-hydroxylation sites is 1. The first kappa shape index (κ1) is 30.7. The number of halogens is 1. The molecule has 14 heteroatoms. The quantitative estimate of drug-likeness (QED) is 0.0797. The average Bonchev–Trinajstić information content (AvgIpc) is 3.50. The molecule has 1 aliphatic heterocycles. The maximum atomic E-state index is 11.3. The minimum Gasteiger partial charge on any atom is -1.00 e. The lowest BCUT2D eigenvalue weighted by molar-refractivity contribution is -0.597. The zero-order chi connectivity index (χ0) is 29.9. The van der Waals surface area contributed by atoms with Gasteiger partial charge < -0.3 is 36.1 Å². The fraction of sp³-hybridized carbons (Fsp3) is 0.233. The van der Waals surface area contributed by atoms with Crippen molar-refractivity contribution in [3.8, 4) is 46.0 Å². The number of aryl methyl sites for hydroxylation is 1. The highest BCUT2D eigenvalue weighted by Crippen LogP contribution is 2.39. The van der Waals surface area contributed by atoms with Gasteiger partial charge in [-0.15, -0.1) is 5.10 Å². The van der Waals surface area contributed by atoms with Crippen molar-refractivity contribution in [3.05, 3.63) is 76.5 Å². The van der Waals surface area contributed by atoms with Gasteiger partial charge in [-0.3, -0.25) is 10.1 Å². The first-order valence-corrected chi connectivity index (χ1v) is 14.4. The van der Waals surface area contributed by atoms with Crippen molar-refractivity contribution >= 4 is 28.2 Å². The molecule has 3 aromatic carbocycles. The summed E-state index contributed by atoms with van der Waals surface area (Å²) in [6.45, 7) is 3.37. The molecular weight excluding hydrogens is 610 g/mol. The van der Waals surface area contributed by atoms with E-state index in [1.807, 2.05) is 47.9 Å². The van der Waals surface area contributed by atoms with Gasteiger partial charge in [0.05, 0.1) is 31.4 Å². The van der Waals surface area contributed by atoms with Crippen LogP contribution in [0.15, 0.2) is 65.8 Å². The summed E-state index contributed by atoms with van der Waals surface area (Å²) in [5.41, 5.74) is 2.38. The number of H-pyrrole nitrogens is 1. The van der Waals surface area contributed by atoms with Crippen LogP contribution in [0.4, 0.5) is 5.69 Å². The van der Waals surface area contributed by atoms with Gasteiger partial charge in [-0.25, -0.2) is 0 Å². The van der Waals surface area contributed by atoms with E-state index in [4.69, 9.17) is 28.7 Å². The van der Waals surface area contributed by atoms with E-state index < -0.39 is 4.92 Å². The summed E-state index contributed by atoms with van der Waals surface area (Å²) in [7, 11) is 3.17. The van der Waals surface area contributed by atoms with E-state index >= 15 is 0 Å². The molecule has 0 unspecified atom stereocenters. The number of aromatic amines is 1. The summed E-state index contributed by atoms with van der Waals surface area (Å²) < 4.78 is 30.4. The van der Waals surface area contributed by atoms with Crippen LogP contribution >= 0.6 is 11.8 Å². The molecule has 44 heavy (non-hydrogen) atoms. The van der Waals surface area contributed by atoms with Crippen molar-refractivity contribution in [2.75, 3.05) is 39.8 Å². The molecule has 0 fully saturated rings.